The lowest BCUT2D eigenvalue weighted by Crippen LogP contribution is -2.14. The summed E-state index contributed by atoms with van der Waals surface area (Å²) in [7, 11) is 1.75. The molecule has 0 fully saturated rings. The van der Waals surface area contributed by atoms with Crippen molar-refractivity contribution in [3.05, 3.63) is 46.0 Å². The van der Waals surface area contributed by atoms with Gasteiger partial charge in [-0.25, -0.2) is 9.97 Å². The van der Waals surface area contributed by atoms with Crippen molar-refractivity contribution in [3.63, 3.8) is 0 Å². The standard InChI is InChI=1S/C14H12ClN5O2S/c1-20-12-11(13(22)17-7-16-12)19-14(20)23-6-10(21)18-9-5-3-2-4-8(9)15/h2-5,7H,6H2,1H3,(H,18,21)(H,16,17,22). The number of H-pyrrole nitrogens is 1. The number of amides is 1. The third kappa shape index (κ3) is 3.22. The zero-order valence-corrected chi connectivity index (χ0v) is 13.6. The molecule has 0 unspecified atom stereocenters. The fraction of sp³-hybridized carbons (Fsp3) is 0.143. The smallest absolute Gasteiger partial charge is 0.278 e. The number of aromatic amines is 1. The summed E-state index contributed by atoms with van der Waals surface area (Å²) in [5, 5.41) is 3.75. The molecule has 0 bridgehead atoms. The molecule has 2 aromatic heterocycles. The van der Waals surface area contributed by atoms with Crippen LogP contribution in [0, 0.1) is 0 Å². The quantitative estimate of drug-likeness (QED) is 0.703. The van der Waals surface area contributed by atoms with Crippen molar-refractivity contribution in [2.24, 2.45) is 7.05 Å². The van der Waals surface area contributed by atoms with Crippen LogP contribution in [0.2, 0.25) is 5.02 Å². The lowest BCUT2D eigenvalue weighted by molar-refractivity contribution is -0.113. The molecule has 23 heavy (non-hydrogen) atoms. The number of hydrogen-bond donors (Lipinski definition) is 2. The molecule has 0 aliphatic heterocycles. The normalized spacial score (nSPS) is 10.9. The SMILES string of the molecule is Cn1c(SCC(=O)Nc2ccccc2Cl)nc2c(=O)[nH]cnc21. The first-order chi connectivity index (χ1) is 11.1. The van der Waals surface area contributed by atoms with Gasteiger partial charge < -0.3 is 14.9 Å². The van der Waals surface area contributed by atoms with E-state index in [1.54, 1.807) is 35.9 Å². The summed E-state index contributed by atoms with van der Waals surface area (Å²) in [4.78, 5) is 34.5. The summed E-state index contributed by atoms with van der Waals surface area (Å²) in [5.74, 6) is -0.0719. The summed E-state index contributed by atoms with van der Waals surface area (Å²) in [5.41, 5.74) is 0.979. The Morgan fingerprint density at radius 1 is 1.43 bits per heavy atom. The highest BCUT2D eigenvalue weighted by Gasteiger charge is 2.14. The Morgan fingerprint density at radius 3 is 2.96 bits per heavy atom. The molecule has 0 aliphatic carbocycles. The average molecular weight is 350 g/mol. The number of nitrogens with zero attached hydrogens (tertiary/aromatic N) is 3. The molecule has 2 N–H and O–H groups in total. The van der Waals surface area contributed by atoms with E-state index in [2.05, 4.69) is 20.3 Å². The van der Waals surface area contributed by atoms with Crippen LogP contribution in [-0.2, 0) is 11.8 Å². The zero-order valence-electron chi connectivity index (χ0n) is 12.0. The van der Waals surface area contributed by atoms with Crippen molar-refractivity contribution < 1.29 is 4.79 Å². The van der Waals surface area contributed by atoms with Crippen molar-refractivity contribution >= 4 is 46.1 Å². The number of aromatic nitrogens is 4. The average Bonchev–Trinajstić information content (AvgIpc) is 2.86. The van der Waals surface area contributed by atoms with Crippen LogP contribution < -0.4 is 10.9 Å². The number of para-hydroxylation sites is 1. The molecule has 0 saturated heterocycles. The van der Waals surface area contributed by atoms with Gasteiger partial charge in [-0.2, -0.15) is 0 Å². The minimum absolute atomic E-state index is 0.139. The van der Waals surface area contributed by atoms with E-state index in [-0.39, 0.29) is 22.7 Å². The number of nitrogens with one attached hydrogen (secondary N) is 2. The zero-order chi connectivity index (χ0) is 16.4. The Hall–Kier alpha value is -2.32. The predicted octanol–water partition coefficient (Wildman–Crippen LogP) is 2.04. The number of hydrogen-bond acceptors (Lipinski definition) is 5. The summed E-state index contributed by atoms with van der Waals surface area (Å²) in [6.07, 6.45) is 1.32. The van der Waals surface area contributed by atoms with E-state index < -0.39 is 0 Å². The molecular weight excluding hydrogens is 338 g/mol. The van der Waals surface area contributed by atoms with Gasteiger partial charge in [-0.05, 0) is 12.1 Å². The number of rotatable bonds is 4. The lowest BCUT2D eigenvalue weighted by atomic mass is 10.3. The van der Waals surface area contributed by atoms with Crippen LogP contribution in [0.15, 0.2) is 40.5 Å². The van der Waals surface area contributed by atoms with E-state index in [1.807, 2.05) is 0 Å². The van der Waals surface area contributed by atoms with Crippen molar-refractivity contribution in [2.75, 3.05) is 11.1 Å². The third-order valence-corrected chi connectivity index (χ3v) is 4.46. The van der Waals surface area contributed by atoms with E-state index in [1.165, 1.54) is 18.1 Å². The molecule has 118 valence electrons. The van der Waals surface area contributed by atoms with Gasteiger partial charge in [-0.15, -0.1) is 0 Å². The van der Waals surface area contributed by atoms with E-state index in [4.69, 9.17) is 11.6 Å². The summed E-state index contributed by atoms with van der Waals surface area (Å²) < 4.78 is 1.68. The van der Waals surface area contributed by atoms with Gasteiger partial charge in [-0.1, -0.05) is 35.5 Å². The van der Waals surface area contributed by atoms with Gasteiger partial charge in [0.1, 0.15) is 0 Å². The van der Waals surface area contributed by atoms with Crippen LogP contribution in [0.1, 0.15) is 0 Å². The first kappa shape index (κ1) is 15.6. The van der Waals surface area contributed by atoms with Crippen molar-refractivity contribution in [1.29, 1.82) is 0 Å². The van der Waals surface area contributed by atoms with Gasteiger partial charge in [0.05, 0.1) is 22.8 Å². The summed E-state index contributed by atoms with van der Waals surface area (Å²) in [6.45, 7) is 0. The molecule has 0 saturated carbocycles. The molecule has 7 nitrogen and oxygen atoms in total. The number of halogens is 1. The second kappa shape index (κ2) is 6.43. The van der Waals surface area contributed by atoms with Crippen LogP contribution in [0.25, 0.3) is 11.2 Å². The first-order valence-corrected chi connectivity index (χ1v) is 8.00. The molecule has 2 heterocycles. The second-order valence-electron chi connectivity index (χ2n) is 4.67. The highest BCUT2D eigenvalue weighted by atomic mass is 35.5. The highest BCUT2D eigenvalue weighted by Crippen LogP contribution is 2.22. The summed E-state index contributed by atoms with van der Waals surface area (Å²) >= 11 is 7.22. The number of carbonyl (C=O) groups excluding carboxylic acids is 1. The Bertz CT molecular complexity index is 936. The monoisotopic (exact) mass is 349 g/mol. The Labute approximate surface area is 140 Å². The molecular formula is C14H12ClN5O2S. The van der Waals surface area contributed by atoms with Gasteiger partial charge in [0, 0.05) is 7.05 Å². The van der Waals surface area contributed by atoms with E-state index in [0.29, 0.717) is 21.5 Å². The highest BCUT2D eigenvalue weighted by molar-refractivity contribution is 7.99. The Morgan fingerprint density at radius 2 is 2.22 bits per heavy atom. The lowest BCUT2D eigenvalue weighted by Gasteiger charge is -2.06. The number of anilines is 1. The van der Waals surface area contributed by atoms with Crippen LogP contribution in [-0.4, -0.2) is 31.2 Å². The number of fused-ring (bicyclic) bond motifs is 1. The van der Waals surface area contributed by atoms with Gasteiger partial charge in [0.2, 0.25) is 5.91 Å². The van der Waals surface area contributed by atoms with Crippen LogP contribution in [0.4, 0.5) is 5.69 Å². The van der Waals surface area contributed by atoms with Gasteiger partial charge in [-0.3, -0.25) is 9.59 Å². The van der Waals surface area contributed by atoms with Crippen LogP contribution in [0.5, 0.6) is 0 Å². The number of benzene rings is 1. The fourth-order valence-corrected chi connectivity index (χ4v) is 2.95. The van der Waals surface area contributed by atoms with Gasteiger partial charge in [0.25, 0.3) is 5.56 Å². The molecule has 3 rings (SSSR count). The maximum absolute atomic E-state index is 12.0. The first-order valence-electron chi connectivity index (χ1n) is 6.63. The second-order valence-corrected chi connectivity index (χ2v) is 6.02. The molecule has 3 aromatic rings. The van der Waals surface area contributed by atoms with E-state index in [9.17, 15) is 9.59 Å². The number of aryl methyl sites for hydroxylation is 1. The largest absolute Gasteiger partial charge is 0.324 e. The molecule has 9 heteroatoms. The fourth-order valence-electron chi connectivity index (χ4n) is 2.00. The van der Waals surface area contributed by atoms with Crippen molar-refractivity contribution in [2.45, 2.75) is 5.16 Å². The van der Waals surface area contributed by atoms with E-state index in [0.717, 1.165) is 0 Å². The number of imidazole rings is 1. The summed E-state index contributed by atoms with van der Waals surface area (Å²) in [6, 6.07) is 7.01. The van der Waals surface area contributed by atoms with Gasteiger partial charge >= 0.3 is 0 Å². The van der Waals surface area contributed by atoms with Crippen molar-refractivity contribution in [1.82, 2.24) is 19.5 Å². The minimum atomic E-state index is -0.307. The topological polar surface area (TPSA) is 92.7 Å². The molecule has 1 aromatic carbocycles. The van der Waals surface area contributed by atoms with Crippen LogP contribution in [0.3, 0.4) is 0 Å². The molecule has 0 spiro atoms. The molecule has 0 radical (unpaired) electrons. The minimum Gasteiger partial charge on any atom is -0.324 e. The Kier molecular flexibility index (Phi) is 4.35. The van der Waals surface area contributed by atoms with Crippen LogP contribution >= 0.6 is 23.4 Å². The predicted molar refractivity (Wildman–Crippen MR) is 89.9 cm³/mol. The van der Waals surface area contributed by atoms with Crippen molar-refractivity contribution in [3.8, 4) is 0 Å². The van der Waals surface area contributed by atoms with E-state index >= 15 is 0 Å². The maximum atomic E-state index is 12.0. The number of thioether (sulfide) groups is 1. The molecule has 0 atom stereocenters. The van der Waals surface area contributed by atoms with Gasteiger partial charge in [0.15, 0.2) is 16.3 Å². The third-order valence-electron chi connectivity index (χ3n) is 3.10. The molecule has 1 amide bonds. The Balaban J connectivity index is 1.72. The maximum Gasteiger partial charge on any atom is 0.278 e. The molecule has 0 aliphatic rings. The number of carbonyl (C=O) groups is 1.